The van der Waals surface area contributed by atoms with Crippen LogP contribution in [0.3, 0.4) is 0 Å². The van der Waals surface area contributed by atoms with Gasteiger partial charge in [0.15, 0.2) is 5.16 Å². The molecule has 2 rings (SSSR count). The molecule has 0 unspecified atom stereocenters. The first-order valence-corrected chi connectivity index (χ1v) is 8.27. The van der Waals surface area contributed by atoms with Gasteiger partial charge in [0.25, 0.3) is 0 Å². The molecule has 0 spiro atoms. The molecule has 23 heavy (non-hydrogen) atoms. The first-order valence-electron chi connectivity index (χ1n) is 7.39. The van der Waals surface area contributed by atoms with E-state index in [-0.39, 0.29) is 11.6 Å². The number of hydrogen-bond acceptors (Lipinski definition) is 4. The maximum Gasteiger partial charge on any atom is 0.343 e. The lowest BCUT2D eigenvalue weighted by Gasteiger charge is -2.12. The third-order valence-corrected chi connectivity index (χ3v) is 4.29. The van der Waals surface area contributed by atoms with Gasteiger partial charge in [0, 0.05) is 12.2 Å². The molecule has 1 atom stereocenters. The van der Waals surface area contributed by atoms with E-state index in [0.717, 1.165) is 12.8 Å². The van der Waals surface area contributed by atoms with Gasteiger partial charge < -0.3 is 5.32 Å². The summed E-state index contributed by atoms with van der Waals surface area (Å²) in [6, 6.07) is 5.70. The molecule has 124 valence electrons. The minimum absolute atomic E-state index is 0.279. The van der Waals surface area contributed by atoms with Gasteiger partial charge in [0.2, 0.25) is 5.91 Å². The highest BCUT2D eigenvalue weighted by Crippen LogP contribution is 2.21. The zero-order chi connectivity index (χ0) is 16.8. The van der Waals surface area contributed by atoms with Crippen molar-refractivity contribution in [3.8, 4) is 0 Å². The molecule has 0 radical (unpaired) electrons. The number of anilines is 1. The summed E-state index contributed by atoms with van der Waals surface area (Å²) >= 11 is 1.19. The lowest BCUT2D eigenvalue weighted by atomic mass is 10.3. The van der Waals surface area contributed by atoms with E-state index in [1.54, 1.807) is 13.0 Å². The lowest BCUT2D eigenvalue weighted by Crippen LogP contribution is -2.24. The third kappa shape index (κ3) is 4.69. The quantitative estimate of drug-likeness (QED) is 0.761. The predicted molar refractivity (Wildman–Crippen MR) is 88.1 cm³/mol. The number of nitrogens with zero attached hydrogens (tertiary/aromatic N) is 2. The van der Waals surface area contributed by atoms with E-state index in [2.05, 4.69) is 15.5 Å². The summed E-state index contributed by atoms with van der Waals surface area (Å²) in [4.78, 5) is 23.9. The van der Waals surface area contributed by atoms with Gasteiger partial charge in [0.05, 0.1) is 5.25 Å². The number of amides is 1. The van der Waals surface area contributed by atoms with Crippen LogP contribution in [0.15, 0.2) is 34.2 Å². The number of carbonyl (C=O) groups excluding carboxylic acids is 1. The maximum absolute atomic E-state index is 13.1. The van der Waals surface area contributed by atoms with Crippen molar-refractivity contribution >= 4 is 23.4 Å². The molecule has 0 bridgehead atoms. The van der Waals surface area contributed by atoms with E-state index >= 15 is 0 Å². The first-order chi connectivity index (χ1) is 11.0. The third-order valence-electron chi connectivity index (χ3n) is 3.20. The molecule has 6 nitrogen and oxygen atoms in total. The summed E-state index contributed by atoms with van der Waals surface area (Å²) in [5.41, 5.74) is 0.117. The van der Waals surface area contributed by atoms with Crippen LogP contribution >= 0.6 is 11.8 Å². The van der Waals surface area contributed by atoms with Crippen molar-refractivity contribution in [3.63, 3.8) is 0 Å². The molecule has 8 heteroatoms. The van der Waals surface area contributed by atoms with Gasteiger partial charge in [-0.25, -0.2) is 14.3 Å². The second-order valence-corrected chi connectivity index (χ2v) is 6.38. The molecule has 1 aromatic heterocycles. The Balaban J connectivity index is 2.02. The van der Waals surface area contributed by atoms with Gasteiger partial charge in [-0.2, -0.15) is 0 Å². The van der Waals surface area contributed by atoms with Gasteiger partial charge in [-0.1, -0.05) is 31.2 Å². The van der Waals surface area contributed by atoms with E-state index in [1.165, 1.54) is 34.5 Å². The molecule has 1 amide bonds. The van der Waals surface area contributed by atoms with Crippen LogP contribution in [0.5, 0.6) is 0 Å². The molecule has 0 aliphatic heterocycles. The van der Waals surface area contributed by atoms with Gasteiger partial charge in [-0.05, 0) is 31.5 Å². The topological polar surface area (TPSA) is 79.8 Å². The van der Waals surface area contributed by atoms with Crippen molar-refractivity contribution in [3.05, 3.63) is 40.6 Å². The fraction of sp³-hybridized carbons (Fsp3) is 0.400. The lowest BCUT2D eigenvalue weighted by molar-refractivity contribution is -0.115. The summed E-state index contributed by atoms with van der Waals surface area (Å²) in [7, 11) is 0. The minimum atomic E-state index is -0.478. The molecular weight excluding hydrogens is 319 g/mol. The number of aromatic nitrogens is 3. The van der Waals surface area contributed by atoms with Gasteiger partial charge >= 0.3 is 5.69 Å². The Hall–Kier alpha value is -2.09. The van der Waals surface area contributed by atoms with Crippen LogP contribution in [0, 0.1) is 5.82 Å². The van der Waals surface area contributed by atoms with Crippen molar-refractivity contribution in [2.45, 2.75) is 43.6 Å². The number of benzene rings is 1. The maximum atomic E-state index is 13.1. The summed E-state index contributed by atoms with van der Waals surface area (Å²) in [5, 5.41) is 9.01. The number of unbranched alkanes of at least 4 members (excludes halogenated alkanes) is 1. The van der Waals surface area contributed by atoms with E-state index < -0.39 is 11.1 Å². The highest BCUT2D eigenvalue weighted by Gasteiger charge is 2.19. The van der Waals surface area contributed by atoms with Gasteiger partial charge in [-0.15, -0.1) is 5.10 Å². The molecule has 1 aromatic carbocycles. The Morgan fingerprint density at radius 3 is 3.00 bits per heavy atom. The monoisotopic (exact) mass is 338 g/mol. The van der Waals surface area contributed by atoms with Gasteiger partial charge in [-0.3, -0.25) is 9.36 Å². The van der Waals surface area contributed by atoms with Gasteiger partial charge in [0.1, 0.15) is 5.82 Å². The largest absolute Gasteiger partial charge is 0.343 e. The Labute approximate surface area is 137 Å². The molecular formula is C15H19FN4O2S. The van der Waals surface area contributed by atoms with E-state index in [4.69, 9.17) is 0 Å². The van der Waals surface area contributed by atoms with Crippen LogP contribution in [0.1, 0.15) is 26.7 Å². The van der Waals surface area contributed by atoms with Crippen molar-refractivity contribution in [1.29, 1.82) is 0 Å². The SMILES string of the molecule is CCCCn1c(S[C@H](C)C(=O)Nc2cccc(F)c2)n[nH]c1=O. The van der Waals surface area contributed by atoms with E-state index in [9.17, 15) is 14.0 Å². The van der Waals surface area contributed by atoms with Crippen molar-refractivity contribution < 1.29 is 9.18 Å². The van der Waals surface area contributed by atoms with Crippen LogP contribution in [0.4, 0.5) is 10.1 Å². The number of halogens is 1. The van der Waals surface area contributed by atoms with Crippen LogP contribution in [0.2, 0.25) is 0 Å². The van der Waals surface area contributed by atoms with Crippen LogP contribution in [-0.2, 0) is 11.3 Å². The van der Waals surface area contributed by atoms with E-state index in [0.29, 0.717) is 17.4 Å². The molecule has 0 saturated heterocycles. The molecule has 1 heterocycles. The molecule has 0 aliphatic carbocycles. The number of rotatable bonds is 7. The minimum Gasteiger partial charge on any atom is -0.325 e. The summed E-state index contributed by atoms with van der Waals surface area (Å²) in [6.45, 7) is 4.31. The molecule has 0 saturated carbocycles. The number of thioether (sulfide) groups is 1. The number of hydrogen-bond donors (Lipinski definition) is 2. The average molecular weight is 338 g/mol. The smallest absolute Gasteiger partial charge is 0.325 e. The zero-order valence-corrected chi connectivity index (χ0v) is 13.8. The van der Waals surface area contributed by atoms with Crippen LogP contribution in [-0.4, -0.2) is 25.9 Å². The van der Waals surface area contributed by atoms with E-state index in [1.807, 2.05) is 6.92 Å². The number of H-pyrrole nitrogens is 1. The van der Waals surface area contributed by atoms with Crippen LogP contribution in [0.25, 0.3) is 0 Å². The molecule has 0 aliphatic rings. The zero-order valence-electron chi connectivity index (χ0n) is 13.0. The first kappa shape index (κ1) is 17.3. The Kier molecular flexibility index (Phi) is 5.97. The summed E-state index contributed by atoms with van der Waals surface area (Å²) < 4.78 is 14.7. The molecule has 2 aromatic rings. The fourth-order valence-electron chi connectivity index (χ4n) is 1.93. The van der Waals surface area contributed by atoms with Crippen LogP contribution < -0.4 is 11.0 Å². The Morgan fingerprint density at radius 1 is 1.52 bits per heavy atom. The fourth-order valence-corrected chi connectivity index (χ4v) is 2.81. The standard InChI is InChI=1S/C15H19FN4O2S/c1-3-4-8-20-14(22)18-19-15(20)23-10(2)13(21)17-12-7-5-6-11(16)9-12/h5-7,9-10H,3-4,8H2,1-2H3,(H,17,21)(H,18,22)/t10-/m1/s1. The highest BCUT2D eigenvalue weighted by molar-refractivity contribution is 8.00. The number of carbonyl (C=O) groups is 1. The molecule has 2 N–H and O–H groups in total. The summed E-state index contributed by atoms with van der Waals surface area (Å²) in [6.07, 6.45) is 1.81. The summed E-state index contributed by atoms with van der Waals surface area (Å²) in [5.74, 6) is -0.693. The highest BCUT2D eigenvalue weighted by atomic mass is 32.2. The van der Waals surface area contributed by atoms with Crippen molar-refractivity contribution in [1.82, 2.24) is 14.8 Å². The normalized spacial score (nSPS) is 12.1. The number of nitrogens with one attached hydrogen (secondary N) is 2. The Morgan fingerprint density at radius 2 is 2.30 bits per heavy atom. The second kappa shape index (κ2) is 7.96. The Bertz CT molecular complexity index is 728. The van der Waals surface area contributed by atoms with Crippen molar-refractivity contribution in [2.75, 3.05) is 5.32 Å². The average Bonchev–Trinajstić information content (AvgIpc) is 2.85. The predicted octanol–water partition coefficient (Wildman–Crippen LogP) is 2.63. The molecule has 0 fully saturated rings. The second-order valence-electron chi connectivity index (χ2n) is 5.08. The van der Waals surface area contributed by atoms with Crippen molar-refractivity contribution in [2.24, 2.45) is 0 Å². The number of aromatic amines is 1.